The Labute approximate surface area is 113 Å². The lowest BCUT2D eigenvalue weighted by molar-refractivity contribution is 0.226. The maximum atomic E-state index is 12.9. The number of thioether (sulfide) groups is 1. The Kier molecular flexibility index (Phi) is 4.65. The summed E-state index contributed by atoms with van der Waals surface area (Å²) in [4.78, 5) is 3.63. The Hall–Kier alpha value is -0.580. The van der Waals surface area contributed by atoms with Gasteiger partial charge in [0.1, 0.15) is 5.82 Å². The number of rotatable bonds is 4. The van der Waals surface area contributed by atoms with Crippen LogP contribution < -0.4 is 5.32 Å². The molecule has 1 aromatic carbocycles. The van der Waals surface area contributed by atoms with Gasteiger partial charge in [0, 0.05) is 42.4 Å². The van der Waals surface area contributed by atoms with E-state index in [0.717, 1.165) is 37.6 Å². The molecule has 100 valence electrons. The number of hydrogen-bond acceptors (Lipinski definition) is 3. The normalized spacial score (nSPS) is 17.9. The summed E-state index contributed by atoms with van der Waals surface area (Å²) in [5, 5.41) is 3.37. The molecule has 0 atom stereocenters. The van der Waals surface area contributed by atoms with Crippen molar-refractivity contribution in [3.63, 3.8) is 0 Å². The first kappa shape index (κ1) is 13.8. The molecule has 1 N–H and O–H groups in total. The molecule has 1 aliphatic heterocycles. The first-order valence-corrected chi connectivity index (χ1v) is 7.24. The van der Waals surface area contributed by atoms with Crippen molar-refractivity contribution < 1.29 is 4.39 Å². The SMILES string of the molecule is CC(C)(CN1CCNCC1)Sc1ccc(F)cc1. The van der Waals surface area contributed by atoms with Gasteiger partial charge >= 0.3 is 0 Å². The Morgan fingerprint density at radius 2 is 1.83 bits per heavy atom. The Bertz CT molecular complexity index is 372. The molecule has 2 nitrogen and oxygen atoms in total. The van der Waals surface area contributed by atoms with Gasteiger partial charge in [0.2, 0.25) is 0 Å². The Morgan fingerprint density at radius 1 is 1.22 bits per heavy atom. The maximum Gasteiger partial charge on any atom is 0.123 e. The van der Waals surface area contributed by atoms with Crippen LogP contribution in [-0.2, 0) is 0 Å². The van der Waals surface area contributed by atoms with E-state index in [1.165, 1.54) is 12.1 Å². The molecule has 0 unspecified atom stereocenters. The molecule has 0 aromatic heterocycles. The summed E-state index contributed by atoms with van der Waals surface area (Å²) < 4.78 is 13.0. The first-order valence-electron chi connectivity index (χ1n) is 6.43. The average Bonchev–Trinajstić information content (AvgIpc) is 2.32. The van der Waals surface area contributed by atoms with Gasteiger partial charge in [-0.15, -0.1) is 11.8 Å². The number of hydrogen-bond donors (Lipinski definition) is 1. The van der Waals surface area contributed by atoms with Crippen LogP contribution in [0, 0.1) is 5.82 Å². The molecule has 1 heterocycles. The number of piperazine rings is 1. The van der Waals surface area contributed by atoms with Gasteiger partial charge in [0.15, 0.2) is 0 Å². The molecule has 2 rings (SSSR count). The summed E-state index contributed by atoms with van der Waals surface area (Å²) in [6.45, 7) is 9.97. The lowest BCUT2D eigenvalue weighted by atomic mass is 10.2. The van der Waals surface area contributed by atoms with Crippen molar-refractivity contribution in [3.05, 3.63) is 30.1 Å². The van der Waals surface area contributed by atoms with Gasteiger partial charge in [0.05, 0.1) is 0 Å². The molecule has 0 spiro atoms. The highest BCUT2D eigenvalue weighted by molar-refractivity contribution is 8.00. The lowest BCUT2D eigenvalue weighted by Crippen LogP contribution is -2.47. The minimum atomic E-state index is -0.167. The zero-order chi connectivity index (χ0) is 13.0. The predicted molar refractivity (Wildman–Crippen MR) is 75.6 cm³/mol. The minimum absolute atomic E-state index is 0.148. The van der Waals surface area contributed by atoms with E-state index in [-0.39, 0.29) is 10.6 Å². The Morgan fingerprint density at radius 3 is 2.44 bits per heavy atom. The largest absolute Gasteiger partial charge is 0.314 e. The van der Waals surface area contributed by atoms with Crippen LogP contribution in [0.2, 0.25) is 0 Å². The van der Waals surface area contributed by atoms with Crippen LogP contribution in [0.3, 0.4) is 0 Å². The van der Waals surface area contributed by atoms with Gasteiger partial charge in [-0.1, -0.05) is 0 Å². The van der Waals surface area contributed by atoms with E-state index in [0.29, 0.717) is 0 Å². The third-order valence-corrected chi connectivity index (χ3v) is 4.21. The molecule has 0 radical (unpaired) electrons. The standard InChI is InChI=1S/C14H21FN2S/c1-14(2,11-17-9-7-16-8-10-17)18-13-5-3-12(15)4-6-13/h3-6,16H,7-11H2,1-2H3. The fourth-order valence-electron chi connectivity index (χ4n) is 2.26. The molecule has 0 bridgehead atoms. The van der Waals surface area contributed by atoms with Crippen molar-refractivity contribution in [3.8, 4) is 0 Å². The van der Waals surface area contributed by atoms with Crippen molar-refractivity contribution in [1.29, 1.82) is 0 Å². The van der Waals surface area contributed by atoms with E-state index in [2.05, 4.69) is 24.1 Å². The van der Waals surface area contributed by atoms with Gasteiger partial charge in [-0.3, -0.25) is 4.90 Å². The van der Waals surface area contributed by atoms with Crippen molar-refractivity contribution in [2.45, 2.75) is 23.5 Å². The highest BCUT2D eigenvalue weighted by atomic mass is 32.2. The summed E-state index contributed by atoms with van der Waals surface area (Å²) in [5.74, 6) is -0.167. The van der Waals surface area contributed by atoms with Crippen molar-refractivity contribution in [2.75, 3.05) is 32.7 Å². The van der Waals surface area contributed by atoms with E-state index in [1.54, 1.807) is 0 Å². The fraction of sp³-hybridized carbons (Fsp3) is 0.571. The lowest BCUT2D eigenvalue weighted by Gasteiger charge is -2.34. The van der Waals surface area contributed by atoms with Crippen LogP contribution in [-0.4, -0.2) is 42.4 Å². The molecule has 0 amide bonds. The molecule has 1 aliphatic rings. The van der Waals surface area contributed by atoms with Gasteiger partial charge in [0.25, 0.3) is 0 Å². The number of halogens is 1. The van der Waals surface area contributed by atoms with Crippen molar-refractivity contribution in [2.24, 2.45) is 0 Å². The second kappa shape index (κ2) is 6.04. The van der Waals surface area contributed by atoms with Crippen LogP contribution >= 0.6 is 11.8 Å². The molecule has 0 saturated carbocycles. The fourth-order valence-corrected chi connectivity index (χ4v) is 3.42. The maximum absolute atomic E-state index is 12.9. The summed E-state index contributed by atoms with van der Waals surface area (Å²) in [6.07, 6.45) is 0. The Balaban J connectivity index is 1.91. The minimum Gasteiger partial charge on any atom is -0.314 e. The second-order valence-corrected chi connectivity index (χ2v) is 7.12. The summed E-state index contributed by atoms with van der Waals surface area (Å²) in [5.41, 5.74) is 0. The van der Waals surface area contributed by atoms with Gasteiger partial charge in [-0.2, -0.15) is 0 Å². The molecule has 0 aliphatic carbocycles. The van der Waals surface area contributed by atoms with Crippen molar-refractivity contribution >= 4 is 11.8 Å². The first-order chi connectivity index (χ1) is 8.55. The highest BCUT2D eigenvalue weighted by Gasteiger charge is 2.24. The number of nitrogens with zero attached hydrogens (tertiary/aromatic N) is 1. The van der Waals surface area contributed by atoms with Crippen molar-refractivity contribution in [1.82, 2.24) is 10.2 Å². The third-order valence-electron chi connectivity index (χ3n) is 3.02. The van der Waals surface area contributed by atoms with Crippen LogP contribution in [0.25, 0.3) is 0 Å². The molecule has 18 heavy (non-hydrogen) atoms. The van der Waals surface area contributed by atoms with Gasteiger partial charge in [-0.25, -0.2) is 4.39 Å². The highest BCUT2D eigenvalue weighted by Crippen LogP contribution is 2.33. The quantitative estimate of drug-likeness (QED) is 0.845. The van der Waals surface area contributed by atoms with Crippen LogP contribution in [0.4, 0.5) is 4.39 Å². The second-order valence-electron chi connectivity index (χ2n) is 5.34. The van der Waals surface area contributed by atoms with Gasteiger partial charge < -0.3 is 5.32 Å². The monoisotopic (exact) mass is 268 g/mol. The molecular formula is C14H21FN2S. The number of nitrogens with one attached hydrogen (secondary N) is 1. The van der Waals surface area contributed by atoms with E-state index >= 15 is 0 Å². The van der Waals surface area contributed by atoms with Crippen LogP contribution in [0.5, 0.6) is 0 Å². The zero-order valence-corrected chi connectivity index (χ0v) is 11.9. The third kappa shape index (κ3) is 4.26. The summed E-state index contributed by atoms with van der Waals surface area (Å²) in [6, 6.07) is 6.78. The van der Waals surface area contributed by atoms with E-state index in [9.17, 15) is 4.39 Å². The van der Waals surface area contributed by atoms with E-state index in [1.807, 2.05) is 23.9 Å². The zero-order valence-electron chi connectivity index (χ0n) is 11.1. The summed E-state index contributed by atoms with van der Waals surface area (Å²) >= 11 is 1.82. The van der Waals surface area contributed by atoms with Crippen LogP contribution in [0.1, 0.15) is 13.8 Å². The van der Waals surface area contributed by atoms with E-state index in [4.69, 9.17) is 0 Å². The van der Waals surface area contributed by atoms with Gasteiger partial charge in [-0.05, 0) is 38.1 Å². The predicted octanol–water partition coefficient (Wildman–Crippen LogP) is 2.60. The molecule has 1 aromatic rings. The van der Waals surface area contributed by atoms with Crippen LogP contribution in [0.15, 0.2) is 29.2 Å². The topological polar surface area (TPSA) is 15.3 Å². The molecule has 4 heteroatoms. The molecular weight excluding hydrogens is 247 g/mol. The van der Waals surface area contributed by atoms with E-state index < -0.39 is 0 Å². The smallest absolute Gasteiger partial charge is 0.123 e. The average molecular weight is 268 g/mol. The molecule has 1 saturated heterocycles. The molecule has 1 fully saturated rings. The summed E-state index contributed by atoms with van der Waals surface area (Å²) in [7, 11) is 0. The number of benzene rings is 1.